The van der Waals surface area contributed by atoms with Gasteiger partial charge in [-0.3, -0.25) is 14.9 Å². The summed E-state index contributed by atoms with van der Waals surface area (Å²) in [4.78, 5) is 22.9. The lowest BCUT2D eigenvalue weighted by atomic mass is 10.1. The Morgan fingerprint density at radius 1 is 1.38 bits per heavy atom. The fraction of sp³-hybridized carbons (Fsp3) is 0.421. The van der Waals surface area contributed by atoms with Crippen LogP contribution in [0, 0.1) is 24.0 Å². The third-order valence-corrected chi connectivity index (χ3v) is 4.68. The summed E-state index contributed by atoms with van der Waals surface area (Å²) in [5.74, 6) is 0.156. The van der Waals surface area contributed by atoms with E-state index in [1.807, 2.05) is 19.9 Å². The van der Waals surface area contributed by atoms with E-state index < -0.39 is 4.92 Å². The van der Waals surface area contributed by atoms with Crippen molar-refractivity contribution in [1.29, 1.82) is 0 Å². The molecule has 1 aromatic heterocycles. The number of rotatable bonds is 7. The van der Waals surface area contributed by atoms with Gasteiger partial charge in [-0.25, -0.2) is 0 Å². The first-order chi connectivity index (χ1) is 12.5. The van der Waals surface area contributed by atoms with Crippen LogP contribution < -0.4 is 4.74 Å². The number of hydrogen-bond acceptors (Lipinski definition) is 5. The molecule has 1 aromatic carbocycles. The number of Topliss-reactive ketones (excluding diaryl/α,β-unsaturated/α-hetero) is 1. The molecule has 3 rings (SSSR count). The van der Waals surface area contributed by atoms with Crippen LogP contribution >= 0.6 is 0 Å². The number of non-ortho nitro benzene ring substituents is 1. The number of aryl methyl sites for hydroxylation is 1. The van der Waals surface area contributed by atoms with Crippen molar-refractivity contribution >= 4 is 11.5 Å². The first kappa shape index (κ1) is 18.1. The SMILES string of the molecule is Cc1cc(C(=O)COc2cccc([N+](=O)[O-])c2)c(C)n1C[C@H]1CCCO1. The molecule has 7 heteroatoms. The second-order valence-corrected chi connectivity index (χ2v) is 6.50. The summed E-state index contributed by atoms with van der Waals surface area (Å²) in [6.45, 7) is 5.28. The molecular weight excluding hydrogens is 336 g/mol. The van der Waals surface area contributed by atoms with Crippen molar-refractivity contribution in [2.75, 3.05) is 13.2 Å². The highest BCUT2D eigenvalue weighted by Crippen LogP contribution is 2.22. The number of carbonyl (C=O) groups excluding carboxylic acids is 1. The Bertz CT molecular complexity index is 821. The molecule has 2 heterocycles. The zero-order chi connectivity index (χ0) is 18.7. The van der Waals surface area contributed by atoms with E-state index in [0.717, 1.165) is 37.4 Å². The van der Waals surface area contributed by atoms with Gasteiger partial charge in [-0.2, -0.15) is 0 Å². The molecule has 0 aliphatic carbocycles. The van der Waals surface area contributed by atoms with Crippen molar-refractivity contribution in [2.24, 2.45) is 0 Å². The average Bonchev–Trinajstić information content (AvgIpc) is 3.23. The van der Waals surface area contributed by atoms with E-state index in [4.69, 9.17) is 9.47 Å². The number of hydrogen-bond donors (Lipinski definition) is 0. The van der Waals surface area contributed by atoms with Gasteiger partial charge in [0.05, 0.1) is 17.1 Å². The minimum atomic E-state index is -0.493. The zero-order valence-electron chi connectivity index (χ0n) is 14.9. The first-order valence-corrected chi connectivity index (χ1v) is 8.64. The normalized spacial score (nSPS) is 16.6. The molecule has 1 atom stereocenters. The Labute approximate surface area is 151 Å². The summed E-state index contributed by atoms with van der Waals surface area (Å²) in [5.41, 5.74) is 2.46. The van der Waals surface area contributed by atoms with E-state index >= 15 is 0 Å². The molecule has 0 unspecified atom stereocenters. The molecule has 26 heavy (non-hydrogen) atoms. The van der Waals surface area contributed by atoms with Gasteiger partial charge >= 0.3 is 0 Å². The van der Waals surface area contributed by atoms with E-state index in [0.29, 0.717) is 11.3 Å². The fourth-order valence-electron chi connectivity index (χ4n) is 3.27. The molecule has 0 N–H and O–H groups in total. The van der Waals surface area contributed by atoms with Crippen LogP contribution in [0.5, 0.6) is 5.75 Å². The van der Waals surface area contributed by atoms with E-state index in [2.05, 4.69) is 4.57 Å². The van der Waals surface area contributed by atoms with Gasteiger partial charge in [-0.05, 0) is 38.8 Å². The molecule has 1 saturated heterocycles. The van der Waals surface area contributed by atoms with E-state index in [1.165, 1.54) is 18.2 Å². The lowest BCUT2D eigenvalue weighted by Gasteiger charge is -2.14. The molecule has 1 aliphatic heterocycles. The van der Waals surface area contributed by atoms with Crippen molar-refractivity contribution in [3.63, 3.8) is 0 Å². The highest BCUT2D eigenvalue weighted by atomic mass is 16.6. The Morgan fingerprint density at radius 3 is 2.88 bits per heavy atom. The highest BCUT2D eigenvalue weighted by Gasteiger charge is 2.21. The van der Waals surface area contributed by atoms with Gasteiger partial charge in [0.25, 0.3) is 5.69 Å². The second-order valence-electron chi connectivity index (χ2n) is 6.50. The molecule has 1 aliphatic rings. The minimum absolute atomic E-state index is 0.0651. The fourth-order valence-corrected chi connectivity index (χ4v) is 3.27. The third kappa shape index (κ3) is 3.94. The van der Waals surface area contributed by atoms with Crippen LogP contribution in [0.2, 0.25) is 0 Å². The Kier molecular flexibility index (Phi) is 5.37. The smallest absolute Gasteiger partial charge is 0.273 e. The Hall–Kier alpha value is -2.67. The maximum absolute atomic E-state index is 12.6. The standard InChI is InChI=1S/C19H22N2O5/c1-13-9-18(14(2)20(13)11-17-7-4-8-25-17)19(22)12-26-16-6-3-5-15(10-16)21(23)24/h3,5-6,9-10,17H,4,7-8,11-12H2,1-2H3/t17-/m1/s1. The third-order valence-electron chi connectivity index (χ3n) is 4.68. The summed E-state index contributed by atoms with van der Waals surface area (Å²) < 4.78 is 13.3. The molecule has 1 fully saturated rings. The summed E-state index contributed by atoms with van der Waals surface area (Å²) in [6, 6.07) is 7.69. The van der Waals surface area contributed by atoms with Gasteiger partial charge in [0.15, 0.2) is 6.61 Å². The van der Waals surface area contributed by atoms with Gasteiger partial charge < -0.3 is 14.0 Å². The molecule has 7 nitrogen and oxygen atoms in total. The second kappa shape index (κ2) is 7.70. The number of carbonyl (C=O) groups is 1. The number of ether oxygens (including phenoxy) is 2. The van der Waals surface area contributed by atoms with Crippen LogP contribution in [0.15, 0.2) is 30.3 Å². The minimum Gasteiger partial charge on any atom is -0.485 e. The molecule has 0 spiro atoms. The number of nitro groups is 1. The number of aromatic nitrogens is 1. The van der Waals surface area contributed by atoms with Gasteiger partial charge in [-0.1, -0.05) is 6.07 Å². The molecule has 0 bridgehead atoms. The molecule has 0 radical (unpaired) electrons. The summed E-state index contributed by atoms with van der Waals surface area (Å²) in [7, 11) is 0. The maximum atomic E-state index is 12.6. The van der Waals surface area contributed by atoms with Crippen molar-refractivity contribution in [3.05, 3.63) is 57.4 Å². The Balaban J connectivity index is 1.68. The summed E-state index contributed by atoms with van der Waals surface area (Å²) >= 11 is 0. The first-order valence-electron chi connectivity index (χ1n) is 8.64. The van der Waals surface area contributed by atoms with Gasteiger partial charge in [0.2, 0.25) is 5.78 Å². The van der Waals surface area contributed by atoms with Crippen LogP contribution in [-0.4, -0.2) is 34.6 Å². The maximum Gasteiger partial charge on any atom is 0.273 e. The van der Waals surface area contributed by atoms with Crippen molar-refractivity contribution in [1.82, 2.24) is 4.57 Å². The number of nitro benzene ring substituents is 1. The van der Waals surface area contributed by atoms with Gasteiger partial charge in [0, 0.05) is 36.2 Å². The summed E-state index contributed by atoms with van der Waals surface area (Å²) in [5, 5.41) is 10.8. The highest BCUT2D eigenvalue weighted by molar-refractivity contribution is 5.98. The van der Waals surface area contributed by atoms with Gasteiger partial charge in [0.1, 0.15) is 5.75 Å². The topological polar surface area (TPSA) is 83.6 Å². The van der Waals surface area contributed by atoms with Crippen LogP contribution in [0.3, 0.4) is 0 Å². The van der Waals surface area contributed by atoms with Gasteiger partial charge in [-0.15, -0.1) is 0 Å². The number of benzene rings is 1. The lowest BCUT2D eigenvalue weighted by molar-refractivity contribution is -0.384. The molecule has 0 amide bonds. The van der Waals surface area contributed by atoms with Crippen LogP contribution in [-0.2, 0) is 11.3 Å². The van der Waals surface area contributed by atoms with E-state index in [9.17, 15) is 14.9 Å². The summed E-state index contributed by atoms with van der Waals surface area (Å²) in [6.07, 6.45) is 2.31. The molecule has 138 valence electrons. The largest absolute Gasteiger partial charge is 0.485 e. The molecule has 0 saturated carbocycles. The quantitative estimate of drug-likeness (QED) is 0.430. The average molecular weight is 358 g/mol. The van der Waals surface area contributed by atoms with Crippen molar-refractivity contribution in [2.45, 2.75) is 39.3 Å². The molecular formula is C19H22N2O5. The predicted octanol–water partition coefficient (Wildman–Crippen LogP) is 3.45. The van der Waals surface area contributed by atoms with E-state index in [-0.39, 0.29) is 24.2 Å². The molecule has 2 aromatic rings. The van der Waals surface area contributed by atoms with Crippen molar-refractivity contribution in [3.8, 4) is 5.75 Å². The van der Waals surface area contributed by atoms with Crippen molar-refractivity contribution < 1.29 is 19.2 Å². The number of ketones is 1. The zero-order valence-corrected chi connectivity index (χ0v) is 14.9. The van der Waals surface area contributed by atoms with E-state index in [1.54, 1.807) is 6.07 Å². The van der Waals surface area contributed by atoms with Crippen LogP contribution in [0.4, 0.5) is 5.69 Å². The monoisotopic (exact) mass is 358 g/mol. The van der Waals surface area contributed by atoms with Crippen LogP contribution in [0.1, 0.15) is 34.6 Å². The lowest BCUT2D eigenvalue weighted by Crippen LogP contribution is -2.18. The predicted molar refractivity (Wildman–Crippen MR) is 95.8 cm³/mol. The van der Waals surface area contributed by atoms with Crippen LogP contribution in [0.25, 0.3) is 0 Å². The number of nitrogens with zero attached hydrogens (tertiary/aromatic N) is 2. The Morgan fingerprint density at radius 2 is 2.19 bits per heavy atom.